The zero-order valence-electron chi connectivity index (χ0n) is 13.6. The SMILES string of the molecule is COc1ccc(CN2C(=O)C(=O)c3cc(-c4ccsc4)ccc32)cc1. The van der Waals surface area contributed by atoms with E-state index in [9.17, 15) is 9.59 Å². The van der Waals surface area contributed by atoms with E-state index >= 15 is 0 Å². The predicted octanol–water partition coefficient (Wildman–Crippen LogP) is 4.15. The Morgan fingerprint density at radius 1 is 1.00 bits per heavy atom. The third-order valence-electron chi connectivity index (χ3n) is 4.33. The molecule has 0 fully saturated rings. The molecule has 0 bridgehead atoms. The van der Waals surface area contributed by atoms with Crippen molar-refractivity contribution in [3.8, 4) is 16.9 Å². The molecule has 3 aromatic rings. The highest BCUT2D eigenvalue weighted by atomic mass is 32.1. The topological polar surface area (TPSA) is 46.6 Å². The number of nitrogens with zero attached hydrogens (tertiary/aromatic N) is 1. The molecule has 4 rings (SSSR count). The van der Waals surface area contributed by atoms with Crippen LogP contribution in [0.25, 0.3) is 11.1 Å². The second-order valence-electron chi connectivity index (χ2n) is 5.81. The van der Waals surface area contributed by atoms with Gasteiger partial charge in [-0.25, -0.2) is 0 Å². The maximum atomic E-state index is 12.4. The summed E-state index contributed by atoms with van der Waals surface area (Å²) in [4.78, 5) is 26.4. The standard InChI is InChI=1S/C20H15NO3S/c1-24-16-5-2-13(3-6-16)11-21-18-7-4-14(15-8-9-25-12-15)10-17(18)19(22)20(21)23/h2-10,12H,11H2,1H3. The fraction of sp³-hybridized carbons (Fsp3) is 0.100. The number of anilines is 1. The minimum Gasteiger partial charge on any atom is -0.497 e. The Bertz CT molecular complexity index is 946. The molecule has 124 valence electrons. The predicted molar refractivity (Wildman–Crippen MR) is 98.3 cm³/mol. The number of hydrogen-bond acceptors (Lipinski definition) is 4. The van der Waals surface area contributed by atoms with Crippen LogP contribution in [-0.2, 0) is 11.3 Å². The monoisotopic (exact) mass is 349 g/mol. The lowest BCUT2D eigenvalue weighted by molar-refractivity contribution is -0.114. The fourth-order valence-corrected chi connectivity index (χ4v) is 3.64. The molecule has 2 heterocycles. The quantitative estimate of drug-likeness (QED) is 0.665. The number of amides is 1. The van der Waals surface area contributed by atoms with Gasteiger partial charge in [0.25, 0.3) is 11.7 Å². The van der Waals surface area contributed by atoms with Crippen molar-refractivity contribution in [1.29, 1.82) is 0 Å². The highest BCUT2D eigenvalue weighted by molar-refractivity contribution is 7.08. The molecule has 0 radical (unpaired) electrons. The van der Waals surface area contributed by atoms with Crippen LogP contribution in [0.1, 0.15) is 15.9 Å². The van der Waals surface area contributed by atoms with Crippen molar-refractivity contribution in [2.45, 2.75) is 6.54 Å². The van der Waals surface area contributed by atoms with Gasteiger partial charge in [0.15, 0.2) is 0 Å². The third kappa shape index (κ3) is 2.72. The molecule has 0 saturated heterocycles. The Kier molecular flexibility index (Phi) is 3.86. The summed E-state index contributed by atoms with van der Waals surface area (Å²) >= 11 is 1.60. The number of fused-ring (bicyclic) bond motifs is 1. The molecule has 0 aliphatic carbocycles. The van der Waals surface area contributed by atoms with Gasteiger partial charge in [-0.05, 0) is 57.8 Å². The number of benzene rings is 2. The van der Waals surface area contributed by atoms with Crippen LogP contribution in [0.2, 0.25) is 0 Å². The molecule has 25 heavy (non-hydrogen) atoms. The normalized spacial score (nSPS) is 13.2. The lowest BCUT2D eigenvalue weighted by atomic mass is 10.0. The summed E-state index contributed by atoms with van der Waals surface area (Å²) in [6.45, 7) is 0.360. The van der Waals surface area contributed by atoms with Crippen LogP contribution in [0.15, 0.2) is 59.3 Å². The van der Waals surface area contributed by atoms with Crippen LogP contribution < -0.4 is 9.64 Å². The molecule has 1 aromatic heterocycles. The van der Waals surface area contributed by atoms with E-state index in [4.69, 9.17) is 4.74 Å². The summed E-state index contributed by atoms with van der Waals surface area (Å²) in [6.07, 6.45) is 0. The number of carbonyl (C=O) groups is 2. The van der Waals surface area contributed by atoms with Crippen LogP contribution in [0.4, 0.5) is 5.69 Å². The number of Topliss-reactive ketones (excluding diaryl/α,β-unsaturated/α-hetero) is 1. The smallest absolute Gasteiger partial charge is 0.299 e. The van der Waals surface area contributed by atoms with Crippen molar-refractivity contribution >= 4 is 28.7 Å². The number of thiophene rings is 1. The first-order valence-corrected chi connectivity index (χ1v) is 8.77. The average Bonchev–Trinajstić information content (AvgIpc) is 3.26. The molecule has 0 N–H and O–H groups in total. The van der Waals surface area contributed by atoms with Gasteiger partial charge >= 0.3 is 0 Å². The van der Waals surface area contributed by atoms with E-state index < -0.39 is 11.7 Å². The molecule has 2 aromatic carbocycles. The molecule has 1 aliphatic heterocycles. The lowest BCUT2D eigenvalue weighted by Crippen LogP contribution is -2.29. The van der Waals surface area contributed by atoms with E-state index in [1.165, 1.54) is 4.90 Å². The van der Waals surface area contributed by atoms with Gasteiger partial charge in [-0.15, -0.1) is 0 Å². The Balaban J connectivity index is 1.67. The maximum absolute atomic E-state index is 12.4. The highest BCUT2D eigenvalue weighted by Gasteiger charge is 2.35. The summed E-state index contributed by atoms with van der Waals surface area (Å²) in [5, 5.41) is 4.02. The Hall–Kier alpha value is -2.92. The summed E-state index contributed by atoms with van der Waals surface area (Å²) in [6, 6.07) is 15.1. The number of hydrogen-bond donors (Lipinski definition) is 0. The number of ether oxygens (including phenoxy) is 1. The summed E-state index contributed by atoms with van der Waals surface area (Å²) in [5.41, 5.74) is 4.10. The highest BCUT2D eigenvalue weighted by Crippen LogP contribution is 2.34. The Labute approximate surface area is 149 Å². The largest absolute Gasteiger partial charge is 0.497 e. The average molecular weight is 349 g/mol. The van der Waals surface area contributed by atoms with Crippen molar-refractivity contribution in [3.63, 3.8) is 0 Å². The molecule has 0 atom stereocenters. The minimum absolute atomic E-state index is 0.360. The van der Waals surface area contributed by atoms with Gasteiger partial charge in [-0.1, -0.05) is 18.2 Å². The van der Waals surface area contributed by atoms with Gasteiger partial charge < -0.3 is 9.64 Å². The van der Waals surface area contributed by atoms with Crippen LogP contribution in [-0.4, -0.2) is 18.8 Å². The third-order valence-corrected chi connectivity index (χ3v) is 5.01. The van der Waals surface area contributed by atoms with Crippen molar-refractivity contribution in [2.24, 2.45) is 0 Å². The summed E-state index contributed by atoms with van der Waals surface area (Å²) in [7, 11) is 1.61. The first kappa shape index (κ1) is 15.6. The fourth-order valence-electron chi connectivity index (χ4n) is 2.98. The molecule has 0 spiro atoms. The van der Waals surface area contributed by atoms with E-state index in [0.29, 0.717) is 17.8 Å². The van der Waals surface area contributed by atoms with Gasteiger partial charge in [0, 0.05) is 0 Å². The van der Waals surface area contributed by atoms with Crippen molar-refractivity contribution in [1.82, 2.24) is 0 Å². The van der Waals surface area contributed by atoms with Crippen molar-refractivity contribution < 1.29 is 14.3 Å². The minimum atomic E-state index is -0.478. The van der Waals surface area contributed by atoms with E-state index in [0.717, 1.165) is 22.4 Å². The molecular weight excluding hydrogens is 334 g/mol. The molecule has 0 saturated carbocycles. The van der Waals surface area contributed by atoms with E-state index in [-0.39, 0.29) is 0 Å². The lowest BCUT2D eigenvalue weighted by Gasteiger charge is -2.17. The Morgan fingerprint density at radius 3 is 2.48 bits per heavy atom. The van der Waals surface area contributed by atoms with Gasteiger partial charge in [0.2, 0.25) is 0 Å². The molecule has 0 unspecified atom stereocenters. The number of methoxy groups -OCH3 is 1. The van der Waals surface area contributed by atoms with E-state index in [2.05, 4.69) is 0 Å². The van der Waals surface area contributed by atoms with Gasteiger partial charge in [0.1, 0.15) is 5.75 Å². The molecule has 1 amide bonds. The summed E-state index contributed by atoms with van der Waals surface area (Å²) in [5.74, 6) is -0.165. The zero-order valence-corrected chi connectivity index (χ0v) is 14.4. The molecular formula is C20H15NO3S. The van der Waals surface area contributed by atoms with Crippen molar-refractivity contribution in [3.05, 3.63) is 70.4 Å². The van der Waals surface area contributed by atoms with Crippen LogP contribution in [0, 0.1) is 0 Å². The maximum Gasteiger partial charge on any atom is 0.299 e. The van der Waals surface area contributed by atoms with Crippen LogP contribution >= 0.6 is 11.3 Å². The van der Waals surface area contributed by atoms with Gasteiger partial charge in [0.05, 0.1) is 24.9 Å². The number of rotatable bonds is 4. The second kappa shape index (κ2) is 6.18. The first-order valence-electron chi connectivity index (χ1n) is 7.83. The number of ketones is 1. The van der Waals surface area contributed by atoms with E-state index in [1.807, 2.05) is 59.3 Å². The van der Waals surface area contributed by atoms with Gasteiger partial charge in [-0.3, -0.25) is 9.59 Å². The summed E-state index contributed by atoms with van der Waals surface area (Å²) < 4.78 is 5.15. The number of carbonyl (C=O) groups excluding carboxylic acids is 2. The second-order valence-corrected chi connectivity index (χ2v) is 6.59. The first-order chi connectivity index (χ1) is 12.2. The van der Waals surface area contributed by atoms with Crippen LogP contribution in [0.3, 0.4) is 0 Å². The molecule has 5 heteroatoms. The van der Waals surface area contributed by atoms with Gasteiger partial charge in [-0.2, -0.15) is 11.3 Å². The Morgan fingerprint density at radius 2 is 1.80 bits per heavy atom. The van der Waals surface area contributed by atoms with E-state index in [1.54, 1.807) is 18.4 Å². The molecule has 4 nitrogen and oxygen atoms in total. The van der Waals surface area contributed by atoms with Crippen LogP contribution in [0.5, 0.6) is 5.75 Å². The van der Waals surface area contributed by atoms with Crippen molar-refractivity contribution in [2.75, 3.05) is 12.0 Å². The molecule has 1 aliphatic rings. The zero-order chi connectivity index (χ0) is 17.4.